The summed E-state index contributed by atoms with van der Waals surface area (Å²) >= 11 is 0. The molecule has 0 spiro atoms. The Morgan fingerprint density at radius 2 is 1.96 bits per heavy atom. The number of nitrogens with zero attached hydrogens (tertiary/aromatic N) is 1. The molecule has 1 aliphatic heterocycles. The summed E-state index contributed by atoms with van der Waals surface area (Å²) in [7, 11) is 1.23. The maximum Gasteiger partial charge on any atom is 0.339 e. The first kappa shape index (κ1) is 18.4. The van der Waals surface area contributed by atoms with E-state index < -0.39 is 17.8 Å². The predicted octanol–water partition coefficient (Wildman–Crippen LogP) is 0.540. The van der Waals surface area contributed by atoms with E-state index in [-0.39, 0.29) is 23.7 Å². The number of anilines is 1. The Bertz CT molecular complexity index is 674. The van der Waals surface area contributed by atoms with Crippen molar-refractivity contribution in [3.05, 3.63) is 29.8 Å². The molecule has 0 atom stereocenters. The minimum absolute atomic E-state index is 0.128. The molecule has 134 valence electrons. The highest BCUT2D eigenvalue weighted by atomic mass is 16.5. The molecule has 1 fully saturated rings. The molecule has 2 rings (SSSR count). The third-order valence-electron chi connectivity index (χ3n) is 3.85. The lowest BCUT2D eigenvalue weighted by Gasteiger charge is -2.15. The molecule has 1 aromatic rings. The zero-order valence-electron chi connectivity index (χ0n) is 14.0. The van der Waals surface area contributed by atoms with Gasteiger partial charge in [-0.25, -0.2) is 4.79 Å². The largest absolute Gasteiger partial charge is 0.465 e. The van der Waals surface area contributed by atoms with Gasteiger partial charge in [-0.15, -0.1) is 0 Å². The van der Waals surface area contributed by atoms with E-state index in [4.69, 9.17) is 0 Å². The molecule has 25 heavy (non-hydrogen) atoms. The molecule has 1 heterocycles. The number of methoxy groups -OCH3 is 1. The number of amides is 3. The number of esters is 1. The third-order valence-corrected chi connectivity index (χ3v) is 3.85. The van der Waals surface area contributed by atoms with Crippen LogP contribution in [-0.2, 0) is 19.1 Å². The molecular formula is C17H21N3O5. The van der Waals surface area contributed by atoms with Crippen LogP contribution in [0.4, 0.5) is 5.69 Å². The van der Waals surface area contributed by atoms with Crippen LogP contribution in [0.5, 0.6) is 0 Å². The fraction of sp³-hybridized carbons (Fsp3) is 0.412. The minimum atomic E-state index is -0.867. The molecule has 1 saturated heterocycles. The van der Waals surface area contributed by atoms with Crippen molar-refractivity contribution in [3.63, 3.8) is 0 Å². The number of para-hydroxylation sites is 1. The molecule has 8 nitrogen and oxygen atoms in total. The van der Waals surface area contributed by atoms with Crippen LogP contribution in [0.3, 0.4) is 0 Å². The number of hydrogen-bond donors (Lipinski definition) is 2. The van der Waals surface area contributed by atoms with Crippen molar-refractivity contribution in [1.29, 1.82) is 0 Å². The van der Waals surface area contributed by atoms with E-state index in [1.54, 1.807) is 17.0 Å². The van der Waals surface area contributed by atoms with Crippen LogP contribution in [0.1, 0.15) is 29.6 Å². The number of carbonyl (C=O) groups excluding carboxylic acids is 4. The van der Waals surface area contributed by atoms with E-state index in [1.165, 1.54) is 19.2 Å². The maximum atomic E-state index is 11.9. The summed E-state index contributed by atoms with van der Waals surface area (Å²) in [5, 5.41) is 4.90. The van der Waals surface area contributed by atoms with Gasteiger partial charge in [-0.1, -0.05) is 12.1 Å². The number of benzene rings is 1. The number of nitrogens with one attached hydrogen (secondary N) is 2. The summed E-state index contributed by atoms with van der Waals surface area (Å²) in [6.07, 6.45) is 2.02. The van der Waals surface area contributed by atoms with Crippen molar-refractivity contribution in [2.45, 2.75) is 19.3 Å². The highest BCUT2D eigenvalue weighted by Crippen LogP contribution is 2.15. The van der Waals surface area contributed by atoms with Crippen molar-refractivity contribution in [3.8, 4) is 0 Å². The van der Waals surface area contributed by atoms with Crippen LogP contribution in [-0.4, -0.2) is 55.3 Å². The van der Waals surface area contributed by atoms with Gasteiger partial charge in [0, 0.05) is 26.1 Å². The van der Waals surface area contributed by atoms with Crippen LogP contribution in [0.2, 0.25) is 0 Å². The summed E-state index contributed by atoms with van der Waals surface area (Å²) in [4.78, 5) is 48.6. The van der Waals surface area contributed by atoms with Gasteiger partial charge < -0.3 is 20.3 Å². The molecule has 1 aromatic carbocycles. The summed E-state index contributed by atoms with van der Waals surface area (Å²) in [6, 6.07) is 6.26. The highest BCUT2D eigenvalue weighted by molar-refractivity contribution is 6.40. The van der Waals surface area contributed by atoms with Gasteiger partial charge in [0.1, 0.15) is 0 Å². The first-order valence-corrected chi connectivity index (χ1v) is 8.07. The quantitative estimate of drug-likeness (QED) is 0.444. The molecule has 0 saturated carbocycles. The second-order valence-electron chi connectivity index (χ2n) is 5.59. The molecule has 0 aromatic heterocycles. The maximum absolute atomic E-state index is 11.9. The predicted molar refractivity (Wildman–Crippen MR) is 89.9 cm³/mol. The van der Waals surface area contributed by atoms with E-state index in [1.807, 2.05) is 0 Å². The minimum Gasteiger partial charge on any atom is -0.465 e. The van der Waals surface area contributed by atoms with Crippen molar-refractivity contribution in [1.82, 2.24) is 10.2 Å². The standard InChI is InChI=1S/C17H21N3O5/c1-25-17(24)12-6-2-3-7-13(12)19-16(23)15(22)18-9-5-11-20-10-4-8-14(20)21/h2-3,6-7H,4-5,8-11H2,1H3,(H,18,22)(H,19,23). The van der Waals surface area contributed by atoms with Crippen LogP contribution in [0.15, 0.2) is 24.3 Å². The molecule has 3 amide bonds. The van der Waals surface area contributed by atoms with Gasteiger partial charge in [0.05, 0.1) is 18.4 Å². The van der Waals surface area contributed by atoms with Crippen molar-refractivity contribution in [2.24, 2.45) is 0 Å². The molecule has 1 aliphatic rings. The van der Waals surface area contributed by atoms with Crippen LogP contribution in [0.25, 0.3) is 0 Å². The Balaban J connectivity index is 1.79. The Morgan fingerprint density at radius 3 is 2.64 bits per heavy atom. The summed E-state index contributed by atoms with van der Waals surface area (Å²) in [5.74, 6) is -2.14. The molecule has 0 radical (unpaired) electrons. The number of carbonyl (C=O) groups is 4. The lowest BCUT2D eigenvalue weighted by molar-refractivity contribution is -0.136. The lowest BCUT2D eigenvalue weighted by atomic mass is 10.2. The van der Waals surface area contributed by atoms with Gasteiger partial charge >= 0.3 is 17.8 Å². The number of likely N-dealkylation sites (tertiary alicyclic amines) is 1. The molecule has 2 N–H and O–H groups in total. The Morgan fingerprint density at radius 1 is 1.20 bits per heavy atom. The van der Waals surface area contributed by atoms with Gasteiger partial charge in [-0.3, -0.25) is 14.4 Å². The van der Waals surface area contributed by atoms with E-state index >= 15 is 0 Å². The van der Waals surface area contributed by atoms with Gasteiger partial charge in [0.15, 0.2) is 0 Å². The van der Waals surface area contributed by atoms with Crippen LogP contribution in [0, 0.1) is 0 Å². The Kier molecular flexibility index (Phi) is 6.50. The van der Waals surface area contributed by atoms with E-state index in [9.17, 15) is 19.2 Å². The molecule has 0 unspecified atom stereocenters. The Labute approximate surface area is 145 Å². The average Bonchev–Trinajstić information content (AvgIpc) is 3.03. The second kappa shape index (κ2) is 8.81. The molecule has 8 heteroatoms. The first-order valence-electron chi connectivity index (χ1n) is 8.07. The smallest absolute Gasteiger partial charge is 0.339 e. The topological polar surface area (TPSA) is 105 Å². The normalized spacial score (nSPS) is 13.5. The van der Waals surface area contributed by atoms with Crippen molar-refractivity contribution >= 4 is 29.4 Å². The second-order valence-corrected chi connectivity index (χ2v) is 5.59. The lowest BCUT2D eigenvalue weighted by Crippen LogP contribution is -2.37. The summed E-state index contributed by atoms with van der Waals surface area (Å²) in [5.41, 5.74) is 0.371. The zero-order chi connectivity index (χ0) is 18.2. The molecule has 0 aliphatic carbocycles. The zero-order valence-corrected chi connectivity index (χ0v) is 14.0. The van der Waals surface area contributed by atoms with E-state index in [0.717, 1.165) is 13.0 Å². The van der Waals surface area contributed by atoms with Crippen molar-refractivity contribution < 1.29 is 23.9 Å². The monoisotopic (exact) mass is 347 g/mol. The third kappa shape index (κ3) is 5.03. The Hall–Kier alpha value is -2.90. The van der Waals surface area contributed by atoms with E-state index in [2.05, 4.69) is 15.4 Å². The molecular weight excluding hydrogens is 326 g/mol. The summed E-state index contributed by atoms with van der Waals surface area (Å²) in [6.45, 7) is 1.60. The van der Waals surface area contributed by atoms with Gasteiger partial charge in [-0.05, 0) is 25.0 Å². The van der Waals surface area contributed by atoms with Crippen molar-refractivity contribution in [2.75, 3.05) is 32.1 Å². The van der Waals surface area contributed by atoms with Gasteiger partial charge in [-0.2, -0.15) is 0 Å². The number of rotatable bonds is 6. The fourth-order valence-electron chi connectivity index (χ4n) is 2.55. The average molecular weight is 347 g/mol. The SMILES string of the molecule is COC(=O)c1ccccc1NC(=O)C(=O)NCCCN1CCCC1=O. The van der Waals surface area contributed by atoms with E-state index in [0.29, 0.717) is 19.4 Å². The van der Waals surface area contributed by atoms with Gasteiger partial charge in [0.2, 0.25) is 5.91 Å². The van der Waals surface area contributed by atoms with Gasteiger partial charge in [0.25, 0.3) is 0 Å². The van der Waals surface area contributed by atoms with Crippen LogP contribution < -0.4 is 10.6 Å². The number of hydrogen-bond acceptors (Lipinski definition) is 5. The van der Waals surface area contributed by atoms with Crippen LogP contribution >= 0.6 is 0 Å². The highest BCUT2D eigenvalue weighted by Gasteiger charge is 2.20. The number of ether oxygens (including phenoxy) is 1. The first-order chi connectivity index (χ1) is 12.0. The fourth-order valence-corrected chi connectivity index (χ4v) is 2.55. The summed E-state index contributed by atoms with van der Waals surface area (Å²) < 4.78 is 4.63. The molecule has 0 bridgehead atoms.